The SMILES string of the molecule is COC(=O)N1CCC[C@H]1C(=O)NNc1ccc(C(=O)O)cc1. The van der Waals surface area contributed by atoms with Gasteiger partial charge in [-0.2, -0.15) is 0 Å². The number of aromatic carboxylic acids is 1. The molecule has 0 radical (unpaired) electrons. The number of carboxylic acid groups (broad SMARTS) is 1. The normalized spacial score (nSPS) is 17.0. The summed E-state index contributed by atoms with van der Waals surface area (Å²) in [6, 6.07) is 5.35. The van der Waals surface area contributed by atoms with E-state index in [0.29, 0.717) is 18.7 Å². The first kappa shape index (κ1) is 15.6. The molecule has 0 saturated carbocycles. The van der Waals surface area contributed by atoms with Crippen molar-refractivity contribution >= 4 is 23.7 Å². The van der Waals surface area contributed by atoms with Crippen molar-refractivity contribution in [2.75, 3.05) is 19.1 Å². The van der Waals surface area contributed by atoms with Crippen LogP contribution in [-0.2, 0) is 9.53 Å². The highest BCUT2D eigenvalue weighted by Gasteiger charge is 2.34. The van der Waals surface area contributed by atoms with E-state index in [9.17, 15) is 14.4 Å². The third-order valence-electron chi connectivity index (χ3n) is 3.43. The first-order valence-corrected chi connectivity index (χ1v) is 6.76. The average Bonchev–Trinajstić information content (AvgIpc) is 3.01. The van der Waals surface area contributed by atoms with E-state index in [-0.39, 0.29) is 11.5 Å². The second-order valence-corrected chi connectivity index (χ2v) is 4.82. The number of carboxylic acids is 1. The summed E-state index contributed by atoms with van der Waals surface area (Å²) in [6.45, 7) is 0.484. The molecule has 2 amide bonds. The molecule has 1 atom stereocenters. The van der Waals surface area contributed by atoms with Crippen molar-refractivity contribution in [3.8, 4) is 0 Å². The monoisotopic (exact) mass is 307 g/mol. The summed E-state index contributed by atoms with van der Waals surface area (Å²) < 4.78 is 4.64. The van der Waals surface area contributed by atoms with Crippen molar-refractivity contribution in [3.63, 3.8) is 0 Å². The molecule has 2 rings (SSSR count). The number of hydrogen-bond acceptors (Lipinski definition) is 5. The molecule has 1 saturated heterocycles. The zero-order valence-corrected chi connectivity index (χ0v) is 12.0. The Morgan fingerprint density at radius 2 is 1.95 bits per heavy atom. The van der Waals surface area contributed by atoms with E-state index in [2.05, 4.69) is 15.6 Å². The highest BCUT2D eigenvalue weighted by molar-refractivity contribution is 5.88. The van der Waals surface area contributed by atoms with E-state index in [1.807, 2.05) is 0 Å². The Labute approximate surface area is 127 Å². The third-order valence-corrected chi connectivity index (χ3v) is 3.43. The first-order valence-electron chi connectivity index (χ1n) is 6.76. The molecule has 8 nitrogen and oxygen atoms in total. The number of anilines is 1. The number of hydrogen-bond donors (Lipinski definition) is 3. The Morgan fingerprint density at radius 3 is 2.55 bits per heavy atom. The van der Waals surface area contributed by atoms with Gasteiger partial charge in [-0.05, 0) is 37.1 Å². The number of benzene rings is 1. The summed E-state index contributed by atoms with van der Waals surface area (Å²) >= 11 is 0. The van der Waals surface area contributed by atoms with Gasteiger partial charge in [0.05, 0.1) is 18.4 Å². The van der Waals surface area contributed by atoms with Gasteiger partial charge >= 0.3 is 12.1 Å². The Morgan fingerprint density at radius 1 is 1.27 bits per heavy atom. The van der Waals surface area contributed by atoms with Crippen LogP contribution in [0.4, 0.5) is 10.5 Å². The smallest absolute Gasteiger partial charge is 0.410 e. The maximum absolute atomic E-state index is 12.1. The number of hydrazine groups is 1. The summed E-state index contributed by atoms with van der Waals surface area (Å²) in [5, 5.41) is 8.80. The molecule has 3 N–H and O–H groups in total. The molecule has 0 spiro atoms. The van der Waals surface area contributed by atoms with E-state index < -0.39 is 18.1 Å². The number of amides is 2. The first-order chi connectivity index (χ1) is 10.5. The highest BCUT2D eigenvalue weighted by Crippen LogP contribution is 2.18. The molecule has 8 heteroatoms. The lowest BCUT2D eigenvalue weighted by Gasteiger charge is -2.22. The van der Waals surface area contributed by atoms with Crippen LogP contribution in [0.2, 0.25) is 0 Å². The minimum atomic E-state index is -1.02. The lowest BCUT2D eigenvalue weighted by Crippen LogP contribution is -2.47. The van der Waals surface area contributed by atoms with Gasteiger partial charge < -0.3 is 9.84 Å². The Balaban J connectivity index is 1.92. The third kappa shape index (κ3) is 3.46. The van der Waals surface area contributed by atoms with Gasteiger partial charge in [0.25, 0.3) is 5.91 Å². The predicted molar refractivity (Wildman–Crippen MR) is 77.3 cm³/mol. The molecule has 1 fully saturated rings. The number of methoxy groups -OCH3 is 1. The average molecular weight is 307 g/mol. The van der Waals surface area contributed by atoms with Crippen molar-refractivity contribution in [1.29, 1.82) is 0 Å². The maximum Gasteiger partial charge on any atom is 0.410 e. The molecule has 1 aromatic carbocycles. The van der Waals surface area contributed by atoms with Gasteiger partial charge in [-0.3, -0.25) is 20.5 Å². The quantitative estimate of drug-likeness (QED) is 0.718. The predicted octanol–water partition coefficient (Wildman–Crippen LogP) is 1.06. The number of nitrogens with one attached hydrogen (secondary N) is 2. The van der Waals surface area contributed by atoms with Crippen LogP contribution in [0.5, 0.6) is 0 Å². The summed E-state index contributed by atoms with van der Waals surface area (Å²) in [6.07, 6.45) is 0.782. The number of ether oxygens (including phenoxy) is 1. The van der Waals surface area contributed by atoms with Crippen LogP contribution in [0.1, 0.15) is 23.2 Å². The molecule has 0 bridgehead atoms. The minimum absolute atomic E-state index is 0.157. The van der Waals surface area contributed by atoms with E-state index in [1.54, 1.807) is 0 Å². The fraction of sp³-hybridized carbons (Fsp3) is 0.357. The van der Waals surface area contributed by atoms with Gasteiger partial charge in [-0.1, -0.05) is 0 Å². The van der Waals surface area contributed by atoms with Crippen LogP contribution in [-0.4, -0.2) is 47.7 Å². The van der Waals surface area contributed by atoms with Gasteiger partial charge in [-0.15, -0.1) is 0 Å². The fourth-order valence-electron chi connectivity index (χ4n) is 2.29. The second kappa shape index (κ2) is 6.79. The van der Waals surface area contributed by atoms with Crippen molar-refractivity contribution in [3.05, 3.63) is 29.8 Å². The molecule has 1 aromatic rings. The van der Waals surface area contributed by atoms with E-state index in [1.165, 1.54) is 36.3 Å². The van der Waals surface area contributed by atoms with Crippen LogP contribution < -0.4 is 10.9 Å². The zero-order chi connectivity index (χ0) is 16.1. The van der Waals surface area contributed by atoms with Crippen LogP contribution in [0.15, 0.2) is 24.3 Å². The van der Waals surface area contributed by atoms with Gasteiger partial charge in [0.15, 0.2) is 0 Å². The van der Waals surface area contributed by atoms with Crippen molar-refractivity contribution in [2.24, 2.45) is 0 Å². The van der Waals surface area contributed by atoms with Crippen molar-refractivity contribution in [2.45, 2.75) is 18.9 Å². The number of rotatable bonds is 4. The summed E-state index contributed by atoms with van der Waals surface area (Å²) in [7, 11) is 1.28. The van der Waals surface area contributed by atoms with Crippen LogP contribution in [0.3, 0.4) is 0 Å². The Hall–Kier alpha value is -2.77. The molecule has 0 aromatic heterocycles. The Kier molecular flexibility index (Phi) is 4.82. The molecule has 0 aliphatic carbocycles. The number of carbonyl (C=O) groups excluding carboxylic acids is 2. The van der Waals surface area contributed by atoms with Gasteiger partial charge in [-0.25, -0.2) is 9.59 Å². The fourth-order valence-corrected chi connectivity index (χ4v) is 2.29. The maximum atomic E-state index is 12.1. The van der Waals surface area contributed by atoms with E-state index in [0.717, 1.165) is 6.42 Å². The van der Waals surface area contributed by atoms with Crippen LogP contribution >= 0.6 is 0 Å². The molecular weight excluding hydrogens is 290 g/mol. The van der Waals surface area contributed by atoms with Crippen LogP contribution in [0.25, 0.3) is 0 Å². The molecule has 118 valence electrons. The topological polar surface area (TPSA) is 108 Å². The zero-order valence-electron chi connectivity index (χ0n) is 12.0. The minimum Gasteiger partial charge on any atom is -0.478 e. The number of nitrogens with zero attached hydrogens (tertiary/aromatic N) is 1. The van der Waals surface area contributed by atoms with Crippen molar-refractivity contribution in [1.82, 2.24) is 10.3 Å². The summed E-state index contributed by atoms with van der Waals surface area (Å²) in [5.41, 5.74) is 5.91. The molecule has 22 heavy (non-hydrogen) atoms. The standard InChI is InChI=1S/C14H17N3O5/c1-22-14(21)17-8-2-3-11(17)12(18)16-15-10-6-4-9(5-7-10)13(19)20/h4-7,11,15H,2-3,8H2,1H3,(H,16,18)(H,19,20)/t11-/m0/s1. The summed E-state index contributed by atoms with van der Waals surface area (Å²) in [4.78, 5) is 35.8. The molecule has 1 aliphatic heterocycles. The largest absolute Gasteiger partial charge is 0.478 e. The second-order valence-electron chi connectivity index (χ2n) is 4.82. The van der Waals surface area contributed by atoms with Gasteiger partial charge in [0.2, 0.25) is 0 Å². The summed E-state index contributed by atoms with van der Waals surface area (Å²) in [5.74, 6) is -1.36. The molecule has 1 aliphatic rings. The van der Waals surface area contributed by atoms with Crippen LogP contribution in [0, 0.1) is 0 Å². The molecule has 1 heterocycles. The van der Waals surface area contributed by atoms with Gasteiger partial charge in [0.1, 0.15) is 6.04 Å². The number of carbonyl (C=O) groups is 3. The van der Waals surface area contributed by atoms with E-state index in [4.69, 9.17) is 5.11 Å². The van der Waals surface area contributed by atoms with Crippen molar-refractivity contribution < 1.29 is 24.2 Å². The Bertz CT molecular complexity index is 572. The highest BCUT2D eigenvalue weighted by atomic mass is 16.5. The lowest BCUT2D eigenvalue weighted by atomic mass is 10.2. The number of likely N-dealkylation sites (tertiary alicyclic amines) is 1. The van der Waals surface area contributed by atoms with Gasteiger partial charge in [0, 0.05) is 6.54 Å². The van der Waals surface area contributed by atoms with E-state index >= 15 is 0 Å². The molecular formula is C14H17N3O5. The molecule has 0 unspecified atom stereocenters. The lowest BCUT2D eigenvalue weighted by molar-refractivity contribution is -0.124.